The third kappa shape index (κ3) is 4.99. The Morgan fingerprint density at radius 2 is 1.90 bits per heavy atom. The molecule has 0 heterocycles. The standard InChI is InChI=1S/C13H16F3NO3/c1-12(2,3)20-11(19)17-7-8-4-5-9(6-10(8)18)13(14,15)16/h4-6,18H,7H2,1-3H3,(H,17,19). The second-order valence-corrected chi connectivity index (χ2v) is 5.20. The summed E-state index contributed by atoms with van der Waals surface area (Å²) < 4.78 is 42.2. The van der Waals surface area contributed by atoms with Gasteiger partial charge in [-0.25, -0.2) is 4.79 Å². The molecule has 0 atom stereocenters. The number of amides is 1. The van der Waals surface area contributed by atoms with Crippen LogP contribution < -0.4 is 5.32 Å². The van der Waals surface area contributed by atoms with E-state index in [9.17, 15) is 23.1 Å². The number of ether oxygens (including phenoxy) is 1. The Bertz CT molecular complexity index is 493. The van der Waals surface area contributed by atoms with E-state index in [1.54, 1.807) is 20.8 Å². The molecule has 2 N–H and O–H groups in total. The van der Waals surface area contributed by atoms with Crippen LogP contribution in [0.5, 0.6) is 5.75 Å². The molecular formula is C13H16F3NO3. The SMILES string of the molecule is CC(C)(C)OC(=O)NCc1ccc(C(F)(F)F)cc1O. The largest absolute Gasteiger partial charge is 0.508 e. The Hall–Kier alpha value is -1.92. The lowest BCUT2D eigenvalue weighted by atomic mass is 10.1. The first-order chi connectivity index (χ1) is 8.99. The molecule has 0 saturated heterocycles. The maximum Gasteiger partial charge on any atom is 0.416 e. The fourth-order valence-electron chi connectivity index (χ4n) is 1.37. The van der Waals surface area contributed by atoms with Gasteiger partial charge in [0.05, 0.1) is 5.56 Å². The number of carbonyl (C=O) groups excluding carboxylic acids is 1. The molecule has 0 aliphatic heterocycles. The van der Waals surface area contributed by atoms with Crippen LogP contribution in [0, 0.1) is 0 Å². The molecule has 0 fully saturated rings. The number of aromatic hydroxyl groups is 1. The molecule has 0 spiro atoms. The average molecular weight is 291 g/mol. The number of hydrogen-bond donors (Lipinski definition) is 2. The highest BCUT2D eigenvalue weighted by Crippen LogP contribution is 2.32. The van der Waals surface area contributed by atoms with E-state index in [0.29, 0.717) is 6.07 Å². The summed E-state index contributed by atoms with van der Waals surface area (Å²) in [7, 11) is 0. The molecular weight excluding hydrogens is 275 g/mol. The second-order valence-electron chi connectivity index (χ2n) is 5.20. The summed E-state index contributed by atoms with van der Waals surface area (Å²) in [5.74, 6) is -0.532. The molecule has 0 unspecified atom stereocenters. The van der Waals surface area contributed by atoms with Gasteiger partial charge in [0.1, 0.15) is 11.4 Å². The van der Waals surface area contributed by atoms with E-state index in [-0.39, 0.29) is 12.1 Å². The van der Waals surface area contributed by atoms with Crippen LogP contribution in [0.15, 0.2) is 18.2 Å². The first-order valence-electron chi connectivity index (χ1n) is 5.85. The molecule has 7 heteroatoms. The number of alkyl carbamates (subject to hydrolysis) is 1. The highest BCUT2D eigenvalue weighted by atomic mass is 19.4. The van der Waals surface area contributed by atoms with Gasteiger partial charge in [0.2, 0.25) is 0 Å². The number of phenolic OH excluding ortho intramolecular Hbond substituents is 1. The zero-order valence-electron chi connectivity index (χ0n) is 11.3. The molecule has 20 heavy (non-hydrogen) atoms. The number of alkyl halides is 3. The highest BCUT2D eigenvalue weighted by Gasteiger charge is 2.31. The molecule has 0 aliphatic rings. The quantitative estimate of drug-likeness (QED) is 0.877. The summed E-state index contributed by atoms with van der Waals surface area (Å²) in [4.78, 5) is 11.4. The smallest absolute Gasteiger partial charge is 0.416 e. The molecule has 1 rings (SSSR count). The van der Waals surface area contributed by atoms with Crippen molar-refractivity contribution in [2.75, 3.05) is 0 Å². The Kier molecular flexibility index (Phi) is 4.52. The van der Waals surface area contributed by atoms with E-state index in [2.05, 4.69) is 5.32 Å². The Balaban J connectivity index is 2.68. The summed E-state index contributed by atoms with van der Waals surface area (Å²) in [6.45, 7) is 4.92. The van der Waals surface area contributed by atoms with Gasteiger partial charge in [-0.15, -0.1) is 0 Å². The molecule has 0 radical (unpaired) electrons. The van der Waals surface area contributed by atoms with E-state index in [1.165, 1.54) is 0 Å². The van der Waals surface area contributed by atoms with Crippen molar-refractivity contribution in [3.8, 4) is 5.75 Å². The number of phenols is 1. The van der Waals surface area contributed by atoms with Crippen LogP contribution in [0.1, 0.15) is 31.9 Å². The Morgan fingerprint density at radius 3 is 2.35 bits per heavy atom. The van der Waals surface area contributed by atoms with Gasteiger partial charge in [-0.1, -0.05) is 6.07 Å². The van der Waals surface area contributed by atoms with Gasteiger partial charge in [0.25, 0.3) is 0 Å². The van der Waals surface area contributed by atoms with Crippen molar-refractivity contribution in [2.24, 2.45) is 0 Å². The van der Waals surface area contributed by atoms with Gasteiger partial charge in [0.15, 0.2) is 0 Å². The number of hydrogen-bond acceptors (Lipinski definition) is 3. The topological polar surface area (TPSA) is 58.6 Å². The predicted octanol–water partition coefficient (Wildman–Crippen LogP) is 3.44. The van der Waals surface area contributed by atoms with Crippen LogP contribution in [-0.4, -0.2) is 16.8 Å². The Labute approximate surface area is 114 Å². The average Bonchev–Trinajstić information content (AvgIpc) is 2.23. The van der Waals surface area contributed by atoms with Gasteiger partial charge >= 0.3 is 12.3 Å². The maximum atomic E-state index is 12.4. The first kappa shape index (κ1) is 16.1. The minimum Gasteiger partial charge on any atom is -0.508 e. The van der Waals surface area contributed by atoms with Crippen LogP contribution in [0.25, 0.3) is 0 Å². The normalized spacial score (nSPS) is 12.1. The van der Waals surface area contributed by atoms with E-state index >= 15 is 0 Å². The van der Waals surface area contributed by atoms with Crippen molar-refractivity contribution in [3.63, 3.8) is 0 Å². The minimum atomic E-state index is -4.52. The lowest BCUT2D eigenvalue weighted by Gasteiger charge is -2.19. The zero-order chi connectivity index (χ0) is 15.6. The van der Waals surface area contributed by atoms with E-state index in [4.69, 9.17) is 4.74 Å². The Morgan fingerprint density at radius 1 is 1.30 bits per heavy atom. The molecule has 112 valence electrons. The monoisotopic (exact) mass is 291 g/mol. The van der Waals surface area contributed by atoms with Crippen LogP contribution in [0.3, 0.4) is 0 Å². The molecule has 4 nitrogen and oxygen atoms in total. The van der Waals surface area contributed by atoms with E-state index in [0.717, 1.165) is 12.1 Å². The van der Waals surface area contributed by atoms with Crippen LogP contribution in [0.4, 0.5) is 18.0 Å². The zero-order valence-corrected chi connectivity index (χ0v) is 11.3. The minimum absolute atomic E-state index is 0.126. The van der Waals surface area contributed by atoms with E-state index in [1.807, 2.05) is 0 Å². The molecule has 0 aliphatic carbocycles. The van der Waals surface area contributed by atoms with Crippen molar-refractivity contribution in [3.05, 3.63) is 29.3 Å². The number of benzene rings is 1. The van der Waals surface area contributed by atoms with Crippen LogP contribution in [0.2, 0.25) is 0 Å². The van der Waals surface area contributed by atoms with Crippen molar-refractivity contribution in [1.29, 1.82) is 0 Å². The fourth-order valence-corrected chi connectivity index (χ4v) is 1.37. The summed E-state index contributed by atoms with van der Waals surface area (Å²) in [5.41, 5.74) is -1.45. The van der Waals surface area contributed by atoms with Gasteiger partial charge in [-0.05, 0) is 32.9 Å². The predicted molar refractivity (Wildman–Crippen MR) is 66.2 cm³/mol. The summed E-state index contributed by atoms with van der Waals surface area (Å²) in [6.07, 6.45) is -5.23. The molecule has 0 aromatic heterocycles. The van der Waals surface area contributed by atoms with E-state index < -0.39 is 29.2 Å². The van der Waals surface area contributed by atoms with Crippen molar-refractivity contribution < 1.29 is 27.8 Å². The highest BCUT2D eigenvalue weighted by molar-refractivity contribution is 5.67. The lowest BCUT2D eigenvalue weighted by molar-refractivity contribution is -0.137. The lowest BCUT2D eigenvalue weighted by Crippen LogP contribution is -2.32. The number of carbonyl (C=O) groups is 1. The van der Waals surface area contributed by atoms with Gasteiger partial charge < -0.3 is 15.2 Å². The first-order valence-corrected chi connectivity index (χ1v) is 5.85. The van der Waals surface area contributed by atoms with Gasteiger partial charge in [0, 0.05) is 12.1 Å². The van der Waals surface area contributed by atoms with Crippen molar-refractivity contribution >= 4 is 6.09 Å². The molecule has 1 aromatic carbocycles. The third-order valence-corrected chi connectivity index (χ3v) is 2.23. The number of nitrogens with one attached hydrogen (secondary N) is 1. The second kappa shape index (κ2) is 5.60. The summed E-state index contributed by atoms with van der Waals surface area (Å²) in [6, 6.07) is 2.56. The summed E-state index contributed by atoms with van der Waals surface area (Å²) in [5, 5.41) is 11.9. The molecule has 0 bridgehead atoms. The molecule has 0 saturated carbocycles. The number of rotatable bonds is 2. The molecule has 1 amide bonds. The van der Waals surface area contributed by atoms with Crippen molar-refractivity contribution in [2.45, 2.75) is 39.1 Å². The van der Waals surface area contributed by atoms with Crippen molar-refractivity contribution in [1.82, 2.24) is 5.32 Å². The summed E-state index contributed by atoms with van der Waals surface area (Å²) >= 11 is 0. The van der Waals surface area contributed by atoms with Crippen LogP contribution >= 0.6 is 0 Å². The fraction of sp³-hybridized carbons (Fsp3) is 0.462. The number of halogens is 3. The van der Waals surface area contributed by atoms with Gasteiger partial charge in [-0.2, -0.15) is 13.2 Å². The van der Waals surface area contributed by atoms with Gasteiger partial charge in [-0.3, -0.25) is 0 Å². The molecule has 1 aromatic rings. The maximum absolute atomic E-state index is 12.4. The third-order valence-electron chi connectivity index (χ3n) is 2.23. The van der Waals surface area contributed by atoms with Crippen LogP contribution in [-0.2, 0) is 17.5 Å².